The van der Waals surface area contributed by atoms with E-state index in [0.717, 1.165) is 18.7 Å². The molecule has 0 saturated heterocycles. The minimum Gasteiger partial charge on any atom is -0.312 e. The predicted molar refractivity (Wildman–Crippen MR) is 70.6 cm³/mol. The van der Waals surface area contributed by atoms with Crippen LogP contribution in [0.5, 0.6) is 0 Å². The fraction of sp³-hybridized carbons (Fsp3) is 0.250. The number of rotatable bonds is 6. The molecule has 0 aliphatic heterocycles. The summed E-state index contributed by atoms with van der Waals surface area (Å²) in [4.78, 5) is 14.6. The Morgan fingerprint density at radius 3 is 2.94 bits per heavy atom. The van der Waals surface area contributed by atoms with Gasteiger partial charge in [-0.25, -0.2) is 4.98 Å². The number of nitrogens with zero attached hydrogens (tertiary/aromatic N) is 2. The molecular formula is C12H13N3O2S. The molecule has 0 fully saturated rings. The zero-order valence-corrected chi connectivity index (χ0v) is 10.5. The first-order chi connectivity index (χ1) is 8.77. The van der Waals surface area contributed by atoms with Crippen LogP contribution in [0.1, 0.15) is 11.3 Å². The average Bonchev–Trinajstić information content (AvgIpc) is 2.88. The maximum absolute atomic E-state index is 10.8. The molecule has 6 heteroatoms. The quantitative estimate of drug-likeness (QED) is 0.493. The summed E-state index contributed by atoms with van der Waals surface area (Å²) in [5, 5.41) is 16.0. The van der Waals surface area contributed by atoms with Crippen LogP contribution in [-0.4, -0.2) is 16.5 Å². The molecule has 2 aromatic rings. The number of benzene rings is 1. The number of hydrogen-bond donors (Lipinski definition) is 1. The number of hydrogen-bond acceptors (Lipinski definition) is 5. The molecule has 1 aromatic heterocycles. The molecule has 0 atom stereocenters. The first kappa shape index (κ1) is 12.7. The van der Waals surface area contributed by atoms with Gasteiger partial charge in [-0.3, -0.25) is 10.1 Å². The molecule has 0 aliphatic carbocycles. The van der Waals surface area contributed by atoms with Gasteiger partial charge in [0, 0.05) is 36.5 Å². The van der Waals surface area contributed by atoms with E-state index in [-0.39, 0.29) is 10.6 Å². The van der Waals surface area contributed by atoms with Crippen molar-refractivity contribution in [3.05, 3.63) is 56.5 Å². The number of nitro benzene ring substituents is 1. The molecule has 5 nitrogen and oxygen atoms in total. The zero-order chi connectivity index (χ0) is 12.8. The highest BCUT2D eigenvalue weighted by Crippen LogP contribution is 2.16. The van der Waals surface area contributed by atoms with Crippen molar-refractivity contribution in [1.82, 2.24) is 10.3 Å². The summed E-state index contributed by atoms with van der Waals surface area (Å²) in [6, 6.07) is 6.78. The van der Waals surface area contributed by atoms with Crippen LogP contribution in [0.15, 0.2) is 35.2 Å². The number of aromatic nitrogens is 1. The normalized spacial score (nSPS) is 10.4. The van der Waals surface area contributed by atoms with Crippen LogP contribution >= 0.6 is 11.3 Å². The van der Waals surface area contributed by atoms with Crippen molar-refractivity contribution in [3.63, 3.8) is 0 Å². The molecule has 94 valence electrons. The molecule has 18 heavy (non-hydrogen) atoms. The zero-order valence-electron chi connectivity index (χ0n) is 9.70. The molecule has 0 unspecified atom stereocenters. The van der Waals surface area contributed by atoms with E-state index >= 15 is 0 Å². The highest BCUT2D eigenvalue weighted by Gasteiger charge is 2.11. The van der Waals surface area contributed by atoms with Gasteiger partial charge in [0.05, 0.1) is 16.1 Å². The molecule has 0 spiro atoms. The van der Waals surface area contributed by atoms with Crippen LogP contribution in [0.3, 0.4) is 0 Å². The van der Waals surface area contributed by atoms with E-state index in [1.165, 1.54) is 6.07 Å². The topological polar surface area (TPSA) is 68.1 Å². The molecule has 2 rings (SSSR count). The maximum atomic E-state index is 10.8. The van der Waals surface area contributed by atoms with Crippen LogP contribution in [0.25, 0.3) is 0 Å². The van der Waals surface area contributed by atoms with Crippen LogP contribution in [0, 0.1) is 10.1 Å². The summed E-state index contributed by atoms with van der Waals surface area (Å²) in [6.45, 7) is 1.26. The highest BCUT2D eigenvalue weighted by molar-refractivity contribution is 7.07. The molecule has 0 aliphatic rings. The first-order valence-electron chi connectivity index (χ1n) is 5.57. The minimum atomic E-state index is -0.350. The Balaban J connectivity index is 1.85. The van der Waals surface area contributed by atoms with Gasteiger partial charge in [0.25, 0.3) is 5.69 Å². The Morgan fingerprint density at radius 2 is 2.22 bits per heavy atom. The van der Waals surface area contributed by atoms with Gasteiger partial charge in [0.15, 0.2) is 0 Å². The lowest BCUT2D eigenvalue weighted by Gasteiger charge is -2.04. The molecule has 1 N–H and O–H groups in total. The second kappa shape index (κ2) is 6.23. The van der Waals surface area contributed by atoms with Crippen molar-refractivity contribution in [2.24, 2.45) is 0 Å². The Kier molecular flexibility index (Phi) is 4.38. The van der Waals surface area contributed by atoms with Crippen molar-refractivity contribution in [2.75, 3.05) is 6.54 Å². The fourth-order valence-electron chi connectivity index (χ4n) is 1.64. The molecule has 1 aromatic carbocycles. The Morgan fingerprint density at radius 1 is 1.39 bits per heavy atom. The lowest BCUT2D eigenvalue weighted by atomic mass is 10.2. The lowest BCUT2D eigenvalue weighted by molar-refractivity contribution is -0.385. The van der Waals surface area contributed by atoms with Crippen molar-refractivity contribution < 1.29 is 4.92 Å². The van der Waals surface area contributed by atoms with E-state index in [0.29, 0.717) is 12.1 Å². The first-order valence-corrected chi connectivity index (χ1v) is 6.52. The van der Waals surface area contributed by atoms with Crippen LogP contribution in [0.2, 0.25) is 0 Å². The molecule has 0 radical (unpaired) electrons. The van der Waals surface area contributed by atoms with E-state index in [1.54, 1.807) is 29.0 Å². The fourth-order valence-corrected chi connectivity index (χ4v) is 2.23. The third-order valence-corrected chi connectivity index (χ3v) is 3.18. The van der Waals surface area contributed by atoms with Crippen LogP contribution in [-0.2, 0) is 13.0 Å². The van der Waals surface area contributed by atoms with E-state index in [1.807, 2.05) is 11.4 Å². The van der Waals surface area contributed by atoms with Gasteiger partial charge in [-0.1, -0.05) is 18.2 Å². The number of nitrogens with one attached hydrogen (secondary N) is 1. The number of thiazole rings is 1. The highest BCUT2D eigenvalue weighted by atomic mass is 32.1. The van der Waals surface area contributed by atoms with Crippen molar-refractivity contribution in [1.29, 1.82) is 0 Å². The molecule has 1 heterocycles. The van der Waals surface area contributed by atoms with Crippen molar-refractivity contribution in [2.45, 2.75) is 13.0 Å². The van der Waals surface area contributed by atoms with Crippen LogP contribution in [0.4, 0.5) is 5.69 Å². The van der Waals surface area contributed by atoms with Gasteiger partial charge in [-0.05, 0) is 0 Å². The summed E-state index contributed by atoms with van der Waals surface area (Å²) < 4.78 is 0. The van der Waals surface area contributed by atoms with Gasteiger partial charge in [0.2, 0.25) is 0 Å². The second-order valence-electron chi connectivity index (χ2n) is 3.79. The third-order valence-electron chi connectivity index (χ3n) is 2.55. The van der Waals surface area contributed by atoms with Crippen LogP contribution < -0.4 is 5.32 Å². The summed E-state index contributed by atoms with van der Waals surface area (Å²) >= 11 is 1.57. The Labute approximate surface area is 109 Å². The molecular weight excluding hydrogens is 250 g/mol. The van der Waals surface area contributed by atoms with E-state index in [9.17, 15) is 10.1 Å². The molecule has 0 saturated carbocycles. The van der Waals surface area contributed by atoms with Crippen molar-refractivity contribution >= 4 is 17.0 Å². The maximum Gasteiger partial charge on any atom is 0.273 e. The summed E-state index contributed by atoms with van der Waals surface area (Å²) in [7, 11) is 0. The predicted octanol–water partition coefficient (Wildman–Crippen LogP) is 2.38. The average molecular weight is 263 g/mol. The molecule has 0 amide bonds. The minimum absolute atomic E-state index is 0.165. The Bertz CT molecular complexity index is 514. The smallest absolute Gasteiger partial charge is 0.273 e. The van der Waals surface area contributed by atoms with Crippen molar-refractivity contribution in [3.8, 4) is 0 Å². The summed E-state index contributed by atoms with van der Waals surface area (Å²) in [5.74, 6) is 0. The largest absolute Gasteiger partial charge is 0.312 e. The van der Waals surface area contributed by atoms with E-state index in [4.69, 9.17) is 0 Å². The Hall–Kier alpha value is -1.79. The van der Waals surface area contributed by atoms with Gasteiger partial charge in [-0.2, -0.15) is 0 Å². The third kappa shape index (κ3) is 3.35. The van der Waals surface area contributed by atoms with E-state index in [2.05, 4.69) is 10.3 Å². The van der Waals surface area contributed by atoms with Gasteiger partial charge in [-0.15, -0.1) is 11.3 Å². The monoisotopic (exact) mass is 263 g/mol. The lowest BCUT2D eigenvalue weighted by Crippen LogP contribution is -2.17. The van der Waals surface area contributed by atoms with Gasteiger partial charge >= 0.3 is 0 Å². The van der Waals surface area contributed by atoms with Gasteiger partial charge < -0.3 is 5.32 Å². The number of nitro groups is 1. The van der Waals surface area contributed by atoms with Gasteiger partial charge in [0.1, 0.15) is 0 Å². The number of para-hydroxylation sites is 1. The SMILES string of the molecule is O=[N+]([O-])c1ccccc1CNCCc1cscn1. The standard InChI is InChI=1S/C12H13N3O2S/c16-15(17)12-4-2-1-3-10(12)7-13-6-5-11-8-18-9-14-11/h1-4,8-9,13H,5-7H2. The van der Waals surface area contributed by atoms with E-state index < -0.39 is 0 Å². The summed E-state index contributed by atoms with van der Waals surface area (Å²) in [6.07, 6.45) is 0.837. The molecule has 0 bridgehead atoms. The second-order valence-corrected chi connectivity index (χ2v) is 4.51. The summed E-state index contributed by atoms with van der Waals surface area (Å²) in [5.41, 5.74) is 3.73.